The predicted molar refractivity (Wildman–Crippen MR) is 57.8 cm³/mol. The molecule has 1 aliphatic heterocycles. The van der Waals surface area contributed by atoms with E-state index < -0.39 is 0 Å². The molecule has 1 aliphatic rings. The highest BCUT2D eigenvalue weighted by Crippen LogP contribution is 2.33. The standard InChI is InChI=1S/C10H10N2OS/c13-7-5-12(6-7)10-8-3-1-2-4-9(8)11-14-10/h1-4,7,13H,5-6H2. The smallest absolute Gasteiger partial charge is 0.120 e. The zero-order valence-corrected chi connectivity index (χ0v) is 8.37. The number of fused-ring (bicyclic) bond motifs is 1. The molecule has 1 aromatic carbocycles. The van der Waals surface area contributed by atoms with E-state index >= 15 is 0 Å². The monoisotopic (exact) mass is 206 g/mol. The zero-order valence-electron chi connectivity index (χ0n) is 7.55. The van der Waals surface area contributed by atoms with Crippen LogP contribution < -0.4 is 4.90 Å². The Kier molecular flexibility index (Phi) is 1.72. The van der Waals surface area contributed by atoms with E-state index in [1.54, 1.807) is 0 Å². The topological polar surface area (TPSA) is 36.4 Å². The van der Waals surface area contributed by atoms with Gasteiger partial charge in [0.25, 0.3) is 0 Å². The highest BCUT2D eigenvalue weighted by atomic mass is 32.1. The van der Waals surface area contributed by atoms with Gasteiger partial charge in [-0.05, 0) is 23.7 Å². The minimum atomic E-state index is -0.157. The van der Waals surface area contributed by atoms with Crippen LogP contribution in [-0.2, 0) is 0 Å². The second-order valence-electron chi connectivity index (χ2n) is 3.56. The molecule has 0 spiro atoms. The lowest BCUT2D eigenvalue weighted by molar-refractivity contribution is 0.142. The first-order valence-corrected chi connectivity index (χ1v) is 5.39. The lowest BCUT2D eigenvalue weighted by Crippen LogP contribution is -2.50. The van der Waals surface area contributed by atoms with Crippen molar-refractivity contribution in [3.8, 4) is 0 Å². The fourth-order valence-corrected chi connectivity index (χ4v) is 2.60. The van der Waals surface area contributed by atoms with Crippen molar-refractivity contribution in [1.29, 1.82) is 0 Å². The van der Waals surface area contributed by atoms with Crippen molar-refractivity contribution in [1.82, 2.24) is 4.37 Å². The number of aliphatic hydroxyl groups excluding tert-OH is 1. The zero-order chi connectivity index (χ0) is 9.54. The highest BCUT2D eigenvalue weighted by Gasteiger charge is 2.27. The molecule has 1 fully saturated rings. The second-order valence-corrected chi connectivity index (χ2v) is 4.32. The van der Waals surface area contributed by atoms with Gasteiger partial charge >= 0.3 is 0 Å². The summed E-state index contributed by atoms with van der Waals surface area (Å²) in [7, 11) is 0. The molecule has 0 saturated carbocycles. The maximum absolute atomic E-state index is 9.23. The molecule has 0 bridgehead atoms. The maximum atomic E-state index is 9.23. The third kappa shape index (κ3) is 1.11. The summed E-state index contributed by atoms with van der Waals surface area (Å²) in [6, 6.07) is 8.12. The third-order valence-electron chi connectivity index (χ3n) is 2.51. The summed E-state index contributed by atoms with van der Waals surface area (Å²) in [4.78, 5) is 2.17. The number of rotatable bonds is 1. The molecule has 72 valence electrons. The van der Waals surface area contributed by atoms with Crippen molar-refractivity contribution in [2.24, 2.45) is 0 Å². The summed E-state index contributed by atoms with van der Waals surface area (Å²) in [5.74, 6) is 0. The molecule has 4 heteroatoms. The Morgan fingerprint density at radius 2 is 2.14 bits per heavy atom. The number of benzene rings is 1. The predicted octanol–water partition coefficient (Wildman–Crippen LogP) is 1.48. The minimum Gasteiger partial charge on any atom is -0.389 e. The van der Waals surface area contributed by atoms with Crippen molar-refractivity contribution in [3.05, 3.63) is 24.3 Å². The van der Waals surface area contributed by atoms with E-state index in [-0.39, 0.29) is 6.10 Å². The van der Waals surface area contributed by atoms with Gasteiger partial charge in [0.05, 0.1) is 11.6 Å². The van der Waals surface area contributed by atoms with E-state index in [1.165, 1.54) is 21.9 Å². The molecular formula is C10H10N2OS. The lowest BCUT2D eigenvalue weighted by Gasteiger charge is -2.36. The molecule has 14 heavy (non-hydrogen) atoms. The van der Waals surface area contributed by atoms with Gasteiger partial charge in [0, 0.05) is 18.5 Å². The minimum absolute atomic E-state index is 0.157. The summed E-state index contributed by atoms with van der Waals surface area (Å²) in [6.45, 7) is 1.48. The number of aliphatic hydroxyl groups is 1. The number of anilines is 1. The average molecular weight is 206 g/mol. The fraction of sp³-hybridized carbons (Fsp3) is 0.300. The van der Waals surface area contributed by atoms with Crippen molar-refractivity contribution in [2.45, 2.75) is 6.10 Å². The van der Waals surface area contributed by atoms with E-state index in [4.69, 9.17) is 0 Å². The van der Waals surface area contributed by atoms with Gasteiger partial charge in [0.15, 0.2) is 0 Å². The van der Waals surface area contributed by atoms with Gasteiger partial charge in [-0.1, -0.05) is 12.1 Å². The average Bonchev–Trinajstić information content (AvgIpc) is 2.56. The summed E-state index contributed by atoms with van der Waals surface area (Å²) >= 11 is 1.51. The molecule has 1 N–H and O–H groups in total. The van der Waals surface area contributed by atoms with E-state index in [9.17, 15) is 5.11 Å². The number of hydrogen-bond donors (Lipinski definition) is 1. The molecule has 1 saturated heterocycles. The van der Waals surface area contributed by atoms with Gasteiger partial charge in [0.2, 0.25) is 0 Å². The Labute approximate surface area is 85.8 Å². The van der Waals surface area contributed by atoms with Crippen molar-refractivity contribution >= 4 is 27.4 Å². The Morgan fingerprint density at radius 1 is 1.36 bits per heavy atom. The van der Waals surface area contributed by atoms with Crippen LogP contribution in [0.4, 0.5) is 5.00 Å². The van der Waals surface area contributed by atoms with Gasteiger partial charge in [-0.25, -0.2) is 0 Å². The van der Waals surface area contributed by atoms with Crippen LogP contribution in [0.1, 0.15) is 0 Å². The molecule has 1 aromatic heterocycles. The fourth-order valence-electron chi connectivity index (χ4n) is 1.72. The van der Waals surface area contributed by atoms with Gasteiger partial charge < -0.3 is 10.0 Å². The van der Waals surface area contributed by atoms with Gasteiger partial charge in [0.1, 0.15) is 5.00 Å². The number of hydrogen-bond acceptors (Lipinski definition) is 4. The summed E-state index contributed by atoms with van der Waals surface area (Å²) in [5, 5.41) is 11.6. The first-order valence-electron chi connectivity index (χ1n) is 4.62. The molecular weight excluding hydrogens is 196 g/mol. The van der Waals surface area contributed by atoms with Crippen molar-refractivity contribution in [2.75, 3.05) is 18.0 Å². The Balaban J connectivity index is 2.05. The SMILES string of the molecule is OC1CN(c2snc3ccccc23)C1. The van der Waals surface area contributed by atoms with Crippen LogP contribution in [0.15, 0.2) is 24.3 Å². The number of aromatic nitrogens is 1. The first kappa shape index (κ1) is 8.20. The number of β-amino-alcohol motifs (C(OH)–C–C–N with tert-alkyl or cyclic N) is 1. The van der Waals surface area contributed by atoms with E-state index in [0.717, 1.165) is 18.6 Å². The van der Waals surface area contributed by atoms with E-state index in [1.807, 2.05) is 18.2 Å². The molecule has 3 rings (SSSR count). The first-order chi connectivity index (χ1) is 6.84. The van der Waals surface area contributed by atoms with E-state index in [2.05, 4.69) is 15.3 Å². The van der Waals surface area contributed by atoms with E-state index in [0.29, 0.717) is 0 Å². The Bertz CT molecular complexity index is 462. The van der Waals surface area contributed by atoms with Crippen LogP contribution in [0.3, 0.4) is 0 Å². The maximum Gasteiger partial charge on any atom is 0.120 e. The third-order valence-corrected chi connectivity index (χ3v) is 3.45. The van der Waals surface area contributed by atoms with Crippen LogP contribution in [0.25, 0.3) is 10.9 Å². The van der Waals surface area contributed by atoms with Crippen LogP contribution in [0.5, 0.6) is 0 Å². The second kappa shape index (κ2) is 2.93. The summed E-state index contributed by atoms with van der Waals surface area (Å²) < 4.78 is 4.36. The van der Waals surface area contributed by atoms with Gasteiger partial charge in [-0.2, -0.15) is 4.37 Å². The highest BCUT2D eigenvalue weighted by molar-refractivity contribution is 7.11. The molecule has 3 nitrogen and oxygen atoms in total. The van der Waals surface area contributed by atoms with Gasteiger partial charge in [-0.3, -0.25) is 0 Å². The molecule has 0 unspecified atom stereocenters. The molecule has 0 radical (unpaired) electrons. The van der Waals surface area contributed by atoms with Crippen LogP contribution in [0, 0.1) is 0 Å². The lowest BCUT2D eigenvalue weighted by atomic mass is 10.1. The molecule has 0 amide bonds. The van der Waals surface area contributed by atoms with Gasteiger partial charge in [-0.15, -0.1) is 0 Å². The molecule has 0 atom stereocenters. The van der Waals surface area contributed by atoms with Crippen LogP contribution in [0.2, 0.25) is 0 Å². The Hall–Kier alpha value is -1.13. The summed E-state index contributed by atoms with van der Waals surface area (Å²) in [5.41, 5.74) is 1.05. The number of nitrogens with zero attached hydrogens (tertiary/aromatic N) is 2. The molecule has 2 heterocycles. The van der Waals surface area contributed by atoms with Crippen LogP contribution >= 0.6 is 11.5 Å². The molecule has 2 aromatic rings. The largest absolute Gasteiger partial charge is 0.389 e. The van der Waals surface area contributed by atoms with Crippen molar-refractivity contribution in [3.63, 3.8) is 0 Å². The van der Waals surface area contributed by atoms with Crippen LogP contribution in [-0.4, -0.2) is 28.7 Å². The summed E-state index contributed by atoms with van der Waals surface area (Å²) in [6.07, 6.45) is -0.157. The van der Waals surface area contributed by atoms with Crippen molar-refractivity contribution < 1.29 is 5.11 Å². The Morgan fingerprint density at radius 3 is 2.93 bits per heavy atom. The molecule has 0 aliphatic carbocycles. The normalized spacial score (nSPS) is 17.4. The quantitative estimate of drug-likeness (QED) is 0.767.